The molecular formula is C144H90N2S4. The van der Waals surface area contributed by atoms with Crippen molar-refractivity contribution >= 4 is 220 Å². The minimum atomic E-state index is 1.16. The summed E-state index contributed by atoms with van der Waals surface area (Å²) < 4.78 is 4.77. The molecule has 30 aromatic rings. The quantitative estimate of drug-likeness (QED) is 0.140. The molecule has 6 heteroatoms. The fraction of sp³-hybridized carbons (Fsp3) is 0. The van der Waals surface area contributed by atoms with Crippen LogP contribution in [-0.2, 0) is 0 Å². The third-order valence-electron chi connectivity index (χ3n) is 30.6. The highest BCUT2D eigenvalue weighted by Gasteiger charge is 2.26. The Kier molecular flexibility index (Phi) is 22.1. The summed E-state index contributed by atoms with van der Waals surface area (Å²) in [6.45, 7) is 0. The highest BCUT2D eigenvalue weighted by atomic mass is 32.2. The molecule has 2 aliphatic rings. The maximum Gasteiger partial charge on any atom is 0.0541 e. The molecule has 0 aliphatic carbocycles. The number of para-hydroxylation sites is 3. The number of hydrogen-bond acceptors (Lipinski definition) is 4. The second kappa shape index (κ2) is 37.3. The summed E-state index contributed by atoms with van der Waals surface area (Å²) in [5.41, 5.74) is 22.3. The minimum Gasteiger partial charge on any atom is -0.309 e. The summed E-state index contributed by atoms with van der Waals surface area (Å²) in [7, 11) is 0. The molecule has 700 valence electrons. The van der Waals surface area contributed by atoms with E-state index in [1.807, 2.05) is 47.0 Å². The lowest BCUT2D eigenvalue weighted by molar-refractivity contribution is 1.16. The normalized spacial score (nSPS) is 12.2. The van der Waals surface area contributed by atoms with Crippen molar-refractivity contribution < 1.29 is 0 Å². The number of hydrogen-bond donors (Lipinski definition) is 0. The summed E-state index contributed by atoms with van der Waals surface area (Å²) in [4.78, 5) is 10.7. The van der Waals surface area contributed by atoms with E-state index in [-0.39, 0.29) is 0 Å². The zero-order chi connectivity index (χ0) is 98.8. The molecule has 32 rings (SSSR count). The molecule has 0 atom stereocenters. The Labute approximate surface area is 884 Å². The van der Waals surface area contributed by atoms with Crippen molar-refractivity contribution in [2.45, 2.75) is 39.2 Å². The van der Waals surface area contributed by atoms with Gasteiger partial charge in [-0.25, -0.2) is 0 Å². The average Bonchev–Trinajstić information content (AvgIpc) is 1.17. The van der Waals surface area contributed by atoms with Gasteiger partial charge >= 0.3 is 0 Å². The molecule has 0 saturated heterocycles. The van der Waals surface area contributed by atoms with Crippen LogP contribution in [-0.4, -0.2) is 9.13 Å². The molecule has 0 radical (unpaired) electrons. The summed E-state index contributed by atoms with van der Waals surface area (Å²) in [5, 5.41) is 36.6. The monoisotopic (exact) mass is 1970 g/mol. The van der Waals surface area contributed by atoms with Gasteiger partial charge in [0.2, 0.25) is 0 Å². The molecule has 0 bridgehead atoms. The third-order valence-corrected chi connectivity index (χ3v) is 35.7. The molecule has 2 aliphatic heterocycles. The Bertz CT molecular complexity index is 10500. The Hall–Kier alpha value is -17.7. The van der Waals surface area contributed by atoms with Crippen LogP contribution in [0.15, 0.2) is 585 Å². The zero-order valence-electron chi connectivity index (χ0n) is 81.5. The van der Waals surface area contributed by atoms with Gasteiger partial charge in [-0.15, -0.1) is 0 Å². The van der Waals surface area contributed by atoms with Gasteiger partial charge in [0.05, 0.1) is 22.1 Å². The molecule has 0 saturated carbocycles. The van der Waals surface area contributed by atoms with Crippen LogP contribution in [0.5, 0.6) is 0 Å². The molecule has 0 N–H and O–H groups in total. The Morgan fingerprint density at radius 2 is 0.360 bits per heavy atom. The van der Waals surface area contributed by atoms with Crippen molar-refractivity contribution in [3.05, 3.63) is 546 Å². The Morgan fingerprint density at radius 3 is 0.800 bits per heavy atom. The highest BCUT2D eigenvalue weighted by molar-refractivity contribution is 8.05. The molecule has 0 amide bonds. The first-order chi connectivity index (χ1) is 74.4. The van der Waals surface area contributed by atoms with E-state index in [1.165, 1.54) is 284 Å². The van der Waals surface area contributed by atoms with Crippen LogP contribution in [0.1, 0.15) is 0 Å². The van der Waals surface area contributed by atoms with Crippen LogP contribution in [0.3, 0.4) is 0 Å². The lowest BCUT2D eigenvalue weighted by Gasteiger charge is -2.21. The summed E-state index contributed by atoms with van der Waals surface area (Å²) in [5.74, 6) is 0. The molecule has 28 aromatic carbocycles. The van der Waals surface area contributed by atoms with Crippen LogP contribution in [0.4, 0.5) is 0 Å². The SMILES string of the molecule is c1cc(-c2ccc3c(c2)Sc2ccccc2S3)cc(-c2ccc3c4ccccc4c4ccccc4c3c2)c1.c1ccc(-c2ccc3c(c2)c2ccccc2n3-c2ccc(-c3cccc4c5ccccc5c5ccccc5c34)cc2)cc1.c1ccc2c(c1)Sc1cccc(-c3ccc4c5ccccc5c5ccccc5c4c3)c1S2.c1ccc2c(c1)c1ccccc1c1c(-c3ccc(-n4c5ccccc5c5ccccc54)cc3)cccc21. The van der Waals surface area contributed by atoms with Gasteiger partial charge in [-0.05, 0) is 311 Å². The van der Waals surface area contributed by atoms with Gasteiger partial charge in [-0.3, -0.25) is 0 Å². The van der Waals surface area contributed by atoms with Gasteiger partial charge in [0, 0.05) is 72.1 Å². The van der Waals surface area contributed by atoms with Crippen molar-refractivity contribution in [2.24, 2.45) is 0 Å². The number of fused-ring (bicyclic) bond motifs is 34. The first kappa shape index (κ1) is 88.7. The molecule has 2 aromatic heterocycles. The number of rotatable bonds is 8. The zero-order valence-corrected chi connectivity index (χ0v) is 84.8. The second-order valence-electron chi connectivity index (χ2n) is 38.9. The maximum absolute atomic E-state index is 2.40. The minimum absolute atomic E-state index is 1.16. The van der Waals surface area contributed by atoms with Gasteiger partial charge in [0.25, 0.3) is 0 Å². The number of aromatic nitrogens is 2. The van der Waals surface area contributed by atoms with E-state index in [9.17, 15) is 0 Å². The van der Waals surface area contributed by atoms with E-state index in [2.05, 4.69) is 555 Å². The van der Waals surface area contributed by atoms with E-state index in [4.69, 9.17) is 0 Å². The fourth-order valence-corrected chi connectivity index (χ4v) is 28.4. The summed E-state index contributed by atoms with van der Waals surface area (Å²) >= 11 is 7.52. The molecule has 0 fully saturated rings. The standard InChI is InChI=1S/C42H27N.C36H23N.C36H22S2.C30H18S2/c1-2-11-28(12-3-1)30-23-26-41-39(27-30)36-16-8-9-20-40(36)43(41)31-24-21-29(22-25-31)32-18-10-19-38-35-14-5-4-13-33(35)34-15-6-7-17-37(34)42(32)38;1-2-11-29-27(10-1)28-12-3-4-15-32(28)36-26(16-9-17-33(29)36)24-20-22-25(23-21-24)37-34-18-7-5-13-30(34)31-14-6-8-19-35(31)37;1-2-12-29-27(10-1)28-11-3-4-13-30(28)32-21-25(16-18-31(29)32)23-8-7-9-24(20-23)26-17-19-35-36(22-26)38-34-15-6-5-14-33(34)37-35;1-2-10-23-21(8-1)22-9-3-4-11-24(22)26-18-19(16-17-25(23)26)20-12-7-15-29-30(20)32-28-14-6-5-13-27(28)31-29/h1-27H;1-23H;1-22H;1-18H. The molecule has 2 nitrogen and oxygen atoms in total. The van der Waals surface area contributed by atoms with E-state index in [0.29, 0.717) is 0 Å². The van der Waals surface area contributed by atoms with Gasteiger partial charge in [-0.2, -0.15) is 0 Å². The highest BCUT2D eigenvalue weighted by Crippen LogP contribution is 2.55. The molecule has 150 heavy (non-hydrogen) atoms. The molecule has 0 unspecified atom stereocenters. The van der Waals surface area contributed by atoms with Crippen LogP contribution >= 0.6 is 47.0 Å². The van der Waals surface area contributed by atoms with Gasteiger partial charge in [0.1, 0.15) is 0 Å². The van der Waals surface area contributed by atoms with Crippen LogP contribution in [0.25, 0.3) is 251 Å². The topological polar surface area (TPSA) is 9.86 Å². The van der Waals surface area contributed by atoms with E-state index >= 15 is 0 Å². The lowest BCUT2D eigenvalue weighted by Crippen LogP contribution is -1.94. The van der Waals surface area contributed by atoms with Crippen molar-refractivity contribution in [3.8, 4) is 78.1 Å². The van der Waals surface area contributed by atoms with Crippen LogP contribution < -0.4 is 0 Å². The predicted molar refractivity (Wildman–Crippen MR) is 647 cm³/mol. The van der Waals surface area contributed by atoms with Gasteiger partial charge < -0.3 is 9.13 Å². The summed E-state index contributed by atoms with van der Waals surface area (Å²) in [6, 6.07) is 199. The van der Waals surface area contributed by atoms with Crippen LogP contribution in [0, 0.1) is 0 Å². The largest absolute Gasteiger partial charge is 0.309 e. The van der Waals surface area contributed by atoms with Crippen molar-refractivity contribution in [2.75, 3.05) is 0 Å². The summed E-state index contributed by atoms with van der Waals surface area (Å²) in [6.07, 6.45) is 0. The third kappa shape index (κ3) is 15.3. The molecule has 0 spiro atoms. The van der Waals surface area contributed by atoms with Crippen molar-refractivity contribution in [3.63, 3.8) is 0 Å². The van der Waals surface area contributed by atoms with Gasteiger partial charge in [-0.1, -0.05) is 478 Å². The lowest BCUT2D eigenvalue weighted by atomic mass is 9.89. The second-order valence-corrected chi connectivity index (χ2v) is 43.2. The smallest absolute Gasteiger partial charge is 0.0541 e. The first-order valence-corrected chi connectivity index (χ1v) is 54.6. The number of benzene rings is 28. The van der Waals surface area contributed by atoms with Crippen LogP contribution in [0.2, 0.25) is 0 Å². The van der Waals surface area contributed by atoms with Crippen molar-refractivity contribution in [1.82, 2.24) is 9.13 Å². The Morgan fingerprint density at radius 1 is 0.113 bits per heavy atom. The fourth-order valence-electron chi connectivity index (χ4n) is 23.8. The number of nitrogens with zero attached hydrogens (tertiary/aromatic N) is 2. The van der Waals surface area contributed by atoms with E-state index in [0.717, 1.165) is 5.69 Å². The molecular weight excluding hydrogens is 1890 g/mol. The predicted octanol–water partition coefficient (Wildman–Crippen LogP) is 42.0. The average molecular weight is 1980 g/mol. The van der Waals surface area contributed by atoms with Gasteiger partial charge in [0.15, 0.2) is 0 Å². The Balaban J connectivity index is 0.0000000943. The van der Waals surface area contributed by atoms with Crippen molar-refractivity contribution in [1.29, 1.82) is 0 Å². The van der Waals surface area contributed by atoms with E-state index < -0.39 is 0 Å². The first-order valence-electron chi connectivity index (χ1n) is 51.3. The maximum atomic E-state index is 2.40. The molecule has 4 heterocycles. The van der Waals surface area contributed by atoms with E-state index in [1.54, 1.807) is 0 Å².